The molecule has 2 heterocycles. The largest absolute Gasteiger partial charge is 0.370 e. The minimum Gasteiger partial charge on any atom is -0.370 e. The number of hydrogen-bond acceptors (Lipinski definition) is 6. The van der Waals surface area contributed by atoms with Gasteiger partial charge in [-0.05, 0) is 30.3 Å². The van der Waals surface area contributed by atoms with E-state index in [4.69, 9.17) is 16.3 Å². The van der Waals surface area contributed by atoms with Crippen LogP contribution in [0.15, 0.2) is 30.3 Å². The number of carbonyl (C=O) groups is 3. The molecule has 2 aromatic rings. The molecule has 0 spiro atoms. The molecule has 0 aliphatic carbocycles. The lowest BCUT2D eigenvalue weighted by Gasteiger charge is -2.31. The van der Waals surface area contributed by atoms with Gasteiger partial charge in [-0.15, -0.1) is 11.3 Å². The van der Waals surface area contributed by atoms with Crippen molar-refractivity contribution < 1.29 is 45.5 Å². The number of alkyl halides is 6. The predicted octanol–water partition coefficient (Wildman–Crippen LogP) is 4.27. The number of amides is 3. The number of morpholine rings is 1. The second kappa shape index (κ2) is 14.0. The zero-order valence-corrected chi connectivity index (χ0v) is 21.6. The Labute approximate surface area is 227 Å². The van der Waals surface area contributed by atoms with Crippen LogP contribution in [0.3, 0.4) is 0 Å². The Morgan fingerprint density at radius 1 is 1.08 bits per heavy atom. The molecule has 1 aliphatic rings. The summed E-state index contributed by atoms with van der Waals surface area (Å²) in [7, 11) is 0. The van der Waals surface area contributed by atoms with Crippen LogP contribution in [-0.4, -0.2) is 80.9 Å². The molecule has 1 saturated heterocycles. The van der Waals surface area contributed by atoms with Gasteiger partial charge in [0, 0.05) is 30.0 Å². The van der Waals surface area contributed by atoms with Crippen LogP contribution in [0.2, 0.25) is 4.34 Å². The highest BCUT2D eigenvalue weighted by Gasteiger charge is 2.32. The number of hydrogen-bond donors (Lipinski definition) is 2. The van der Waals surface area contributed by atoms with E-state index in [1.807, 2.05) is 0 Å². The summed E-state index contributed by atoms with van der Waals surface area (Å²) >= 11 is 6.68. The summed E-state index contributed by atoms with van der Waals surface area (Å²) in [5.74, 6) is -2.39. The molecule has 0 saturated carbocycles. The third-order valence-corrected chi connectivity index (χ3v) is 6.80. The van der Waals surface area contributed by atoms with Crippen LogP contribution >= 0.6 is 22.9 Å². The molecule has 1 aromatic heterocycles. The van der Waals surface area contributed by atoms with E-state index >= 15 is 0 Å². The van der Waals surface area contributed by atoms with Crippen LogP contribution in [0.5, 0.6) is 0 Å². The third-order valence-electron chi connectivity index (χ3n) is 5.57. The van der Waals surface area contributed by atoms with Crippen molar-refractivity contribution in [3.63, 3.8) is 0 Å². The molecule has 0 radical (unpaired) electrons. The summed E-state index contributed by atoms with van der Waals surface area (Å²) < 4.78 is 86.0. The van der Waals surface area contributed by atoms with Crippen molar-refractivity contribution in [2.45, 2.75) is 25.3 Å². The van der Waals surface area contributed by atoms with Crippen molar-refractivity contribution in [1.82, 2.24) is 10.2 Å². The summed E-state index contributed by atoms with van der Waals surface area (Å²) in [4.78, 5) is 39.5. The Balaban J connectivity index is 1.87. The number of thiophene rings is 1. The number of anilines is 2. The SMILES string of the molecule is O=C(NC[C@H](C(=O)Nc1ccc(N2CCOCC2=O)cc1C(F)F)N(CC(F)F)CC(F)F)c1ccc(Cl)s1. The highest BCUT2D eigenvalue weighted by Crippen LogP contribution is 2.32. The fourth-order valence-corrected chi connectivity index (χ4v) is 4.76. The van der Waals surface area contributed by atoms with Gasteiger partial charge in [0.2, 0.25) is 5.91 Å². The van der Waals surface area contributed by atoms with Crippen molar-refractivity contribution in [3.05, 3.63) is 45.1 Å². The smallest absolute Gasteiger partial charge is 0.265 e. The van der Waals surface area contributed by atoms with Crippen LogP contribution in [0.4, 0.5) is 37.7 Å². The van der Waals surface area contributed by atoms with Crippen molar-refractivity contribution in [2.75, 3.05) is 49.6 Å². The molecule has 39 heavy (non-hydrogen) atoms. The van der Waals surface area contributed by atoms with Crippen LogP contribution < -0.4 is 15.5 Å². The molecular formula is C23H23ClF6N4O4S. The van der Waals surface area contributed by atoms with Gasteiger partial charge >= 0.3 is 0 Å². The average Bonchev–Trinajstić information content (AvgIpc) is 3.30. The Morgan fingerprint density at radius 2 is 1.77 bits per heavy atom. The third kappa shape index (κ3) is 8.55. The van der Waals surface area contributed by atoms with Gasteiger partial charge in [-0.25, -0.2) is 26.3 Å². The fourth-order valence-electron chi connectivity index (χ4n) is 3.80. The molecule has 1 aromatic carbocycles. The van der Waals surface area contributed by atoms with Gasteiger partial charge in [-0.3, -0.25) is 19.3 Å². The van der Waals surface area contributed by atoms with Gasteiger partial charge in [0.25, 0.3) is 31.1 Å². The minimum atomic E-state index is -3.13. The van der Waals surface area contributed by atoms with E-state index in [-0.39, 0.29) is 34.7 Å². The van der Waals surface area contributed by atoms with Gasteiger partial charge in [-0.2, -0.15) is 0 Å². The second-order valence-corrected chi connectivity index (χ2v) is 9.94. The molecular weight excluding hydrogens is 578 g/mol. The molecule has 8 nitrogen and oxygen atoms in total. The highest BCUT2D eigenvalue weighted by atomic mass is 35.5. The van der Waals surface area contributed by atoms with E-state index in [1.165, 1.54) is 23.1 Å². The lowest BCUT2D eigenvalue weighted by Crippen LogP contribution is -2.53. The van der Waals surface area contributed by atoms with E-state index in [0.717, 1.165) is 23.5 Å². The Kier molecular flexibility index (Phi) is 11.0. The zero-order chi connectivity index (χ0) is 28.7. The number of rotatable bonds is 12. The second-order valence-electron chi connectivity index (χ2n) is 8.23. The Hall–Kier alpha value is -2.88. The van der Waals surface area contributed by atoms with E-state index in [9.17, 15) is 40.7 Å². The summed E-state index contributed by atoms with van der Waals surface area (Å²) in [6.07, 6.45) is -9.36. The number of carbonyl (C=O) groups excluding carboxylic acids is 3. The number of ether oxygens (including phenoxy) is 1. The van der Waals surface area contributed by atoms with Crippen LogP contribution in [0, 0.1) is 0 Å². The highest BCUT2D eigenvalue weighted by molar-refractivity contribution is 7.18. The van der Waals surface area contributed by atoms with E-state index < -0.39 is 73.9 Å². The van der Waals surface area contributed by atoms with Gasteiger partial charge in [0.1, 0.15) is 12.6 Å². The van der Waals surface area contributed by atoms with E-state index in [1.54, 1.807) is 0 Å². The Bertz CT molecular complexity index is 1160. The molecule has 214 valence electrons. The topological polar surface area (TPSA) is 91.0 Å². The summed E-state index contributed by atoms with van der Waals surface area (Å²) in [5.41, 5.74) is -0.993. The Morgan fingerprint density at radius 3 is 2.33 bits per heavy atom. The van der Waals surface area contributed by atoms with Gasteiger partial charge in [-0.1, -0.05) is 11.6 Å². The zero-order valence-electron chi connectivity index (χ0n) is 20.0. The predicted molar refractivity (Wildman–Crippen MR) is 132 cm³/mol. The normalized spacial score (nSPS) is 14.9. The van der Waals surface area contributed by atoms with E-state index in [2.05, 4.69) is 10.6 Å². The van der Waals surface area contributed by atoms with Crippen molar-refractivity contribution >= 4 is 52.0 Å². The lowest BCUT2D eigenvalue weighted by molar-refractivity contribution is -0.126. The van der Waals surface area contributed by atoms with Crippen LogP contribution in [0.1, 0.15) is 21.7 Å². The van der Waals surface area contributed by atoms with Gasteiger partial charge in [0.05, 0.1) is 28.9 Å². The van der Waals surface area contributed by atoms with Crippen LogP contribution in [-0.2, 0) is 14.3 Å². The van der Waals surface area contributed by atoms with Gasteiger partial charge < -0.3 is 20.3 Å². The lowest BCUT2D eigenvalue weighted by atomic mass is 10.1. The summed E-state index contributed by atoms with van der Waals surface area (Å²) in [5, 5.41) is 4.50. The quantitative estimate of drug-likeness (QED) is 0.355. The first kappa shape index (κ1) is 30.7. The first-order valence-corrected chi connectivity index (χ1v) is 12.6. The molecule has 0 bridgehead atoms. The first-order valence-electron chi connectivity index (χ1n) is 11.4. The van der Waals surface area contributed by atoms with Crippen molar-refractivity contribution in [1.29, 1.82) is 0 Å². The molecule has 1 atom stereocenters. The maximum atomic E-state index is 13.9. The van der Waals surface area contributed by atoms with E-state index in [0.29, 0.717) is 4.90 Å². The molecule has 3 amide bonds. The fraction of sp³-hybridized carbons (Fsp3) is 0.435. The number of nitrogens with zero attached hydrogens (tertiary/aromatic N) is 2. The van der Waals surface area contributed by atoms with Crippen molar-refractivity contribution in [2.24, 2.45) is 0 Å². The molecule has 1 aliphatic heterocycles. The number of halogens is 7. The molecule has 2 N–H and O–H groups in total. The molecule has 3 rings (SSSR count). The maximum Gasteiger partial charge on any atom is 0.265 e. The number of benzene rings is 1. The first-order chi connectivity index (χ1) is 18.5. The molecule has 16 heteroatoms. The monoisotopic (exact) mass is 600 g/mol. The minimum absolute atomic E-state index is 0.112. The maximum absolute atomic E-state index is 13.9. The van der Waals surface area contributed by atoms with Crippen LogP contribution in [0.25, 0.3) is 0 Å². The molecule has 1 fully saturated rings. The average molecular weight is 601 g/mol. The molecule has 0 unspecified atom stereocenters. The van der Waals surface area contributed by atoms with Crippen molar-refractivity contribution in [3.8, 4) is 0 Å². The number of nitrogens with one attached hydrogen (secondary N) is 2. The van der Waals surface area contributed by atoms with Gasteiger partial charge in [0.15, 0.2) is 0 Å². The summed E-state index contributed by atoms with van der Waals surface area (Å²) in [6.45, 7) is -3.13. The standard InChI is InChI=1S/C23H23ClF6N4O4S/c24-17-4-3-16(39-17)23(37)31-8-15(33(9-18(25)26)10-19(27)28)22(36)32-14-2-1-12(7-13(14)21(29)30)34-5-6-38-11-20(34)35/h1-4,7,15,18-19,21H,5-6,8-11H2,(H,31,37)(H,32,36)/t15-/m1/s1. The summed E-state index contributed by atoms with van der Waals surface area (Å²) in [6, 6.07) is 4.37.